The van der Waals surface area contributed by atoms with Gasteiger partial charge in [0, 0.05) is 25.8 Å². The summed E-state index contributed by atoms with van der Waals surface area (Å²) in [5.41, 5.74) is 0. The number of carbonyl (C=O) groups excluding carboxylic acids is 1. The molecule has 4 nitrogen and oxygen atoms in total. The molecule has 0 fully saturated rings. The topological polar surface area (TPSA) is 51.2 Å². The first-order valence-corrected chi connectivity index (χ1v) is 5.60. The molecule has 16 heavy (non-hydrogen) atoms. The predicted molar refractivity (Wildman–Crippen MR) is 63.6 cm³/mol. The molecule has 5 heteroatoms. The van der Waals surface area contributed by atoms with Gasteiger partial charge in [-0.3, -0.25) is 4.79 Å². The number of carbonyl (C=O) groups is 1. The minimum Gasteiger partial charge on any atom is -0.382 e. The van der Waals surface area contributed by atoms with Crippen molar-refractivity contribution in [3.8, 4) is 0 Å². The molecule has 0 bridgehead atoms. The van der Waals surface area contributed by atoms with Gasteiger partial charge < -0.3 is 10.1 Å². The summed E-state index contributed by atoms with van der Waals surface area (Å²) in [7, 11) is 0. The Morgan fingerprint density at radius 1 is 1.62 bits per heavy atom. The van der Waals surface area contributed by atoms with Gasteiger partial charge in [-0.25, -0.2) is 4.98 Å². The van der Waals surface area contributed by atoms with E-state index in [9.17, 15) is 4.79 Å². The molecule has 1 aromatic rings. The smallest absolute Gasteiger partial charge is 0.225 e. The summed E-state index contributed by atoms with van der Waals surface area (Å²) in [6.07, 6.45) is 2.69. The van der Waals surface area contributed by atoms with Gasteiger partial charge in [0.15, 0.2) is 5.82 Å². The van der Waals surface area contributed by atoms with Crippen LogP contribution >= 0.6 is 11.6 Å². The lowest BCUT2D eigenvalue weighted by atomic mass is 10.3. The van der Waals surface area contributed by atoms with Crippen molar-refractivity contribution in [2.24, 2.45) is 0 Å². The fraction of sp³-hybridized carbons (Fsp3) is 0.455. The highest BCUT2D eigenvalue weighted by molar-refractivity contribution is 6.33. The lowest BCUT2D eigenvalue weighted by Gasteiger charge is -2.05. The third-order valence-electron chi connectivity index (χ3n) is 1.91. The summed E-state index contributed by atoms with van der Waals surface area (Å²) >= 11 is 5.85. The van der Waals surface area contributed by atoms with E-state index in [0.717, 1.165) is 0 Å². The van der Waals surface area contributed by atoms with Crippen LogP contribution in [0, 0.1) is 0 Å². The number of rotatable bonds is 6. The molecule has 0 aliphatic carbocycles. The monoisotopic (exact) mass is 242 g/mol. The standard InChI is InChI=1S/C11H15ClN2O2/c1-2-16-8-4-6-10(15)14-11-9(12)5-3-7-13-11/h3,5,7H,2,4,6,8H2,1H3,(H,13,14,15). The van der Waals surface area contributed by atoms with E-state index in [4.69, 9.17) is 16.3 Å². The van der Waals surface area contributed by atoms with Crippen molar-refractivity contribution in [1.82, 2.24) is 4.98 Å². The summed E-state index contributed by atoms with van der Waals surface area (Å²) < 4.78 is 5.14. The first-order chi connectivity index (χ1) is 7.74. The minimum absolute atomic E-state index is 0.0969. The maximum Gasteiger partial charge on any atom is 0.225 e. The molecule has 1 amide bonds. The Kier molecular flexibility index (Phi) is 5.82. The highest BCUT2D eigenvalue weighted by Gasteiger charge is 2.05. The van der Waals surface area contributed by atoms with Crippen molar-refractivity contribution in [2.45, 2.75) is 19.8 Å². The third-order valence-corrected chi connectivity index (χ3v) is 2.22. The minimum atomic E-state index is -0.0969. The first-order valence-electron chi connectivity index (χ1n) is 5.22. The highest BCUT2D eigenvalue weighted by atomic mass is 35.5. The van der Waals surface area contributed by atoms with Crippen LogP contribution < -0.4 is 5.32 Å². The van der Waals surface area contributed by atoms with Crippen LogP contribution in [0.4, 0.5) is 5.82 Å². The van der Waals surface area contributed by atoms with Crippen LogP contribution in [-0.4, -0.2) is 24.1 Å². The summed E-state index contributed by atoms with van der Waals surface area (Å²) in [6.45, 7) is 3.20. The van der Waals surface area contributed by atoms with E-state index in [1.165, 1.54) is 0 Å². The van der Waals surface area contributed by atoms with Gasteiger partial charge in [0.05, 0.1) is 5.02 Å². The number of nitrogens with one attached hydrogen (secondary N) is 1. The van der Waals surface area contributed by atoms with Gasteiger partial charge in [-0.2, -0.15) is 0 Å². The predicted octanol–water partition coefficient (Wildman–Crippen LogP) is 2.49. The molecule has 1 aromatic heterocycles. The zero-order chi connectivity index (χ0) is 11.8. The van der Waals surface area contributed by atoms with E-state index in [0.29, 0.717) is 36.9 Å². The fourth-order valence-corrected chi connectivity index (χ4v) is 1.32. The molecule has 0 saturated carbocycles. The summed E-state index contributed by atoms with van der Waals surface area (Å²) in [5.74, 6) is 0.311. The van der Waals surface area contributed by atoms with Gasteiger partial charge in [0.2, 0.25) is 5.91 Å². The maximum absolute atomic E-state index is 11.5. The van der Waals surface area contributed by atoms with Crippen molar-refractivity contribution in [3.63, 3.8) is 0 Å². The Hall–Kier alpha value is -1.13. The highest BCUT2D eigenvalue weighted by Crippen LogP contribution is 2.17. The van der Waals surface area contributed by atoms with Gasteiger partial charge in [-0.05, 0) is 25.5 Å². The zero-order valence-electron chi connectivity index (χ0n) is 9.20. The zero-order valence-corrected chi connectivity index (χ0v) is 9.96. The van der Waals surface area contributed by atoms with Crippen LogP contribution in [0.25, 0.3) is 0 Å². The molecular weight excluding hydrogens is 228 g/mol. The van der Waals surface area contributed by atoms with E-state index < -0.39 is 0 Å². The lowest BCUT2D eigenvalue weighted by molar-refractivity contribution is -0.116. The van der Waals surface area contributed by atoms with Crippen LogP contribution in [0.5, 0.6) is 0 Å². The molecule has 0 saturated heterocycles. The lowest BCUT2D eigenvalue weighted by Crippen LogP contribution is -2.13. The van der Waals surface area contributed by atoms with E-state index in [1.54, 1.807) is 18.3 Å². The van der Waals surface area contributed by atoms with Crippen LogP contribution in [0.1, 0.15) is 19.8 Å². The molecular formula is C11H15ClN2O2. The van der Waals surface area contributed by atoms with Crippen molar-refractivity contribution in [2.75, 3.05) is 18.5 Å². The quantitative estimate of drug-likeness (QED) is 0.780. The number of aromatic nitrogens is 1. The van der Waals surface area contributed by atoms with Crippen molar-refractivity contribution in [3.05, 3.63) is 23.4 Å². The molecule has 0 aromatic carbocycles. The van der Waals surface area contributed by atoms with Crippen LogP contribution in [-0.2, 0) is 9.53 Å². The van der Waals surface area contributed by atoms with Gasteiger partial charge in [0.1, 0.15) is 0 Å². The number of ether oxygens (including phenoxy) is 1. The SMILES string of the molecule is CCOCCCC(=O)Nc1ncccc1Cl. The second-order valence-corrected chi connectivity index (χ2v) is 3.59. The number of amides is 1. The molecule has 0 spiro atoms. The number of hydrogen-bond donors (Lipinski definition) is 1. The molecule has 0 aliphatic rings. The number of nitrogens with zero attached hydrogens (tertiary/aromatic N) is 1. The second kappa shape index (κ2) is 7.19. The Morgan fingerprint density at radius 3 is 3.12 bits per heavy atom. The van der Waals surface area contributed by atoms with E-state index in [-0.39, 0.29) is 5.91 Å². The molecule has 0 atom stereocenters. The Bertz CT molecular complexity index is 345. The number of pyridine rings is 1. The average molecular weight is 243 g/mol. The maximum atomic E-state index is 11.5. The van der Waals surface area contributed by atoms with Crippen LogP contribution in [0.3, 0.4) is 0 Å². The van der Waals surface area contributed by atoms with Gasteiger partial charge in [0.25, 0.3) is 0 Å². The molecule has 1 rings (SSSR count). The molecule has 1 N–H and O–H groups in total. The Labute approximate surface area is 100.0 Å². The number of hydrogen-bond acceptors (Lipinski definition) is 3. The van der Waals surface area contributed by atoms with Gasteiger partial charge in [-0.15, -0.1) is 0 Å². The molecule has 0 aliphatic heterocycles. The van der Waals surface area contributed by atoms with Crippen molar-refractivity contribution < 1.29 is 9.53 Å². The van der Waals surface area contributed by atoms with Crippen LogP contribution in [0.2, 0.25) is 5.02 Å². The van der Waals surface area contributed by atoms with E-state index in [2.05, 4.69) is 10.3 Å². The molecule has 1 heterocycles. The molecule has 0 unspecified atom stereocenters. The van der Waals surface area contributed by atoms with Gasteiger partial charge in [-0.1, -0.05) is 11.6 Å². The Balaban J connectivity index is 2.32. The first kappa shape index (κ1) is 12.9. The second-order valence-electron chi connectivity index (χ2n) is 3.18. The number of halogens is 1. The normalized spacial score (nSPS) is 10.1. The van der Waals surface area contributed by atoms with E-state index in [1.807, 2.05) is 6.92 Å². The van der Waals surface area contributed by atoms with Crippen molar-refractivity contribution >= 4 is 23.3 Å². The summed E-state index contributed by atoms with van der Waals surface area (Å²) in [6, 6.07) is 3.40. The molecule has 0 radical (unpaired) electrons. The van der Waals surface area contributed by atoms with Crippen LogP contribution in [0.15, 0.2) is 18.3 Å². The average Bonchev–Trinajstić information content (AvgIpc) is 2.28. The third kappa shape index (κ3) is 4.59. The number of anilines is 1. The summed E-state index contributed by atoms with van der Waals surface area (Å²) in [4.78, 5) is 15.4. The Morgan fingerprint density at radius 2 is 2.44 bits per heavy atom. The largest absolute Gasteiger partial charge is 0.382 e. The van der Waals surface area contributed by atoms with Crippen molar-refractivity contribution in [1.29, 1.82) is 0 Å². The fourth-order valence-electron chi connectivity index (χ4n) is 1.15. The summed E-state index contributed by atoms with van der Waals surface area (Å²) in [5, 5.41) is 3.09. The van der Waals surface area contributed by atoms with Gasteiger partial charge >= 0.3 is 0 Å². The van der Waals surface area contributed by atoms with E-state index >= 15 is 0 Å². The molecule has 88 valence electrons.